The fraction of sp³-hybridized carbons (Fsp3) is 0.292. The maximum atomic E-state index is 13.9. The molecule has 9 nitrogen and oxygen atoms in total. The number of guanidine groups is 1. The van der Waals surface area contributed by atoms with Gasteiger partial charge < -0.3 is 11.1 Å². The van der Waals surface area contributed by atoms with Crippen molar-refractivity contribution in [1.82, 2.24) is 20.2 Å². The van der Waals surface area contributed by atoms with E-state index in [-0.39, 0.29) is 23.6 Å². The monoisotopic (exact) mass is 442 g/mol. The first kappa shape index (κ1) is 21.0. The summed E-state index contributed by atoms with van der Waals surface area (Å²) < 4.78 is 1.73. The highest BCUT2D eigenvalue weighted by atomic mass is 16.1. The van der Waals surface area contributed by atoms with E-state index in [9.17, 15) is 4.79 Å². The van der Waals surface area contributed by atoms with Crippen LogP contribution < -0.4 is 21.9 Å². The molecule has 4 N–H and O–H groups in total. The van der Waals surface area contributed by atoms with Crippen LogP contribution in [-0.4, -0.2) is 39.9 Å². The second kappa shape index (κ2) is 7.93. The van der Waals surface area contributed by atoms with Crippen LogP contribution in [0.2, 0.25) is 0 Å². The van der Waals surface area contributed by atoms with Gasteiger partial charge in [-0.1, -0.05) is 30.3 Å². The van der Waals surface area contributed by atoms with Crippen molar-refractivity contribution in [1.29, 1.82) is 0 Å². The number of hydrogen-bond donors (Lipinski definition) is 3. The number of nitrogens with two attached hydrogens (primary N) is 1. The van der Waals surface area contributed by atoms with Gasteiger partial charge in [0.15, 0.2) is 5.96 Å². The zero-order valence-corrected chi connectivity index (χ0v) is 19.0. The van der Waals surface area contributed by atoms with E-state index in [1.807, 2.05) is 64.1 Å². The van der Waals surface area contributed by atoms with E-state index in [0.29, 0.717) is 22.6 Å². The second-order valence-electron chi connectivity index (χ2n) is 8.52. The Morgan fingerprint density at radius 3 is 2.55 bits per heavy atom. The van der Waals surface area contributed by atoms with Gasteiger partial charge in [-0.05, 0) is 50.5 Å². The van der Waals surface area contributed by atoms with E-state index in [1.54, 1.807) is 4.57 Å². The molecule has 3 heterocycles. The molecule has 9 heteroatoms. The fourth-order valence-corrected chi connectivity index (χ4v) is 4.57. The number of aryl methyl sites for hydroxylation is 3. The van der Waals surface area contributed by atoms with Crippen LogP contribution in [0.25, 0.3) is 16.6 Å². The lowest BCUT2D eigenvalue weighted by Gasteiger charge is -2.29. The number of rotatable bonds is 4. The number of aliphatic imine (C=N–C) groups is 3. The van der Waals surface area contributed by atoms with Crippen molar-refractivity contribution < 1.29 is 0 Å². The van der Waals surface area contributed by atoms with Crippen molar-refractivity contribution in [3.8, 4) is 5.69 Å². The van der Waals surface area contributed by atoms with Gasteiger partial charge in [0.25, 0.3) is 5.56 Å². The number of fused-ring (bicyclic) bond motifs is 2. The summed E-state index contributed by atoms with van der Waals surface area (Å²) in [5.74, 6) is 1.53. The van der Waals surface area contributed by atoms with Crippen LogP contribution in [0.3, 0.4) is 0 Å². The maximum Gasteiger partial charge on any atom is 0.266 e. The third kappa shape index (κ3) is 3.50. The molecule has 33 heavy (non-hydrogen) atoms. The third-order valence-electron chi connectivity index (χ3n) is 6.14. The number of benzene rings is 2. The van der Waals surface area contributed by atoms with E-state index >= 15 is 0 Å². The summed E-state index contributed by atoms with van der Waals surface area (Å²) in [5, 5.41) is 7.04. The van der Waals surface area contributed by atoms with Gasteiger partial charge in [-0.2, -0.15) is 0 Å². The maximum absolute atomic E-state index is 13.9. The summed E-state index contributed by atoms with van der Waals surface area (Å²) in [5.41, 5.74) is 10.3. The van der Waals surface area contributed by atoms with Crippen molar-refractivity contribution in [3.63, 3.8) is 0 Å². The first-order valence-electron chi connectivity index (χ1n) is 10.9. The summed E-state index contributed by atoms with van der Waals surface area (Å²) in [6.45, 7) is 7.92. The molecule has 1 aromatic heterocycles. The summed E-state index contributed by atoms with van der Waals surface area (Å²) in [6.07, 6.45) is 1.07. The number of aromatic nitrogens is 2. The highest BCUT2D eigenvalue weighted by Gasteiger charge is 2.34. The number of para-hydroxylation sites is 1. The highest BCUT2D eigenvalue weighted by Crippen LogP contribution is 2.25. The first-order chi connectivity index (χ1) is 15.8. The van der Waals surface area contributed by atoms with E-state index in [2.05, 4.69) is 25.6 Å². The Morgan fingerprint density at radius 1 is 1.09 bits per heavy atom. The summed E-state index contributed by atoms with van der Waals surface area (Å²) in [6, 6.07) is 11.1. The molecule has 0 fully saturated rings. The lowest BCUT2D eigenvalue weighted by atomic mass is 10.1. The lowest BCUT2D eigenvalue weighted by molar-refractivity contribution is 0.423. The SMILES string of the molecule is Cc1cccc(C)c1-n1c(C(C)NC2N=C(N)NC3=NC=NC32)nc2cccc(C)c2c1=O. The Labute approximate surface area is 191 Å². The molecule has 2 aliphatic rings. The van der Waals surface area contributed by atoms with Crippen LogP contribution in [0.4, 0.5) is 0 Å². The fourth-order valence-electron chi connectivity index (χ4n) is 4.57. The Morgan fingerprint density at radius 2 is 1.79 bits per heavy atom. The van der Waals surface area contributed by atoms with Crippen molar-refractivity contribution in [2.45, 2.75) is 45.9 Å². The van der Waals surface area contributed by atoms with Gasteiger partial charge in [-0.3, -0.25) is 19.7 Å². The molecule has 0 aliphatic carbocycles. The van der Waals surface area contributed by atoms with Crippen LogP contribution in [0, 0.1) is 20.8 Å². The molecular formula is C24H26N8O. The zero-order chi connectivity index (χ0) is 23.3. The van der Waals surface area contributed by atoms with Gasteiger partial charge in [0.05, 0.1) is 22.6 Å². The minimum absolute atomic E-state index is 0.0892. The second-order valence-corrected chi connectivity index (χ2v) is 8.52. The summed E-state index contributed by atoms with van der Waals surface area (Å²) in [7, 11) is 0. The molecule has 3 unspecified atom stereocenters. The molecule has 2 aromatic carbocycles. The van der Waals surface area contributed by atoms with Crippen LogP contribution in [0.15, 0.2) is 56.2 Å². The van der Waals surface area contributed by atoms with Crippen molar-refractivity contribution in [2.24, 2.45) is 20.7 Å². The van der Waals surface area contributed by atoms with Crippen LogP contribution in [0.5, 0.6) is 0 Å². The van der Waals surface area contributed by atoms with Crippen molar-refractivity contribution >= 4 is 29.0 Å². The predicted molar refractivity (Wildman–Crippen MR) is 131 cm³/mol. The molecule has 0 saturated heterocycles. The first-order valence-corrected chi connectivity index (χ1v) is 10.9. The van der Waals surface area contributed by atoms with Crippen LogP contribution in [0.1, 0.15) is 35.5 Å². The minimum atomic E-state index is -0.435. The normalized spacial score (nSPS) is 20.2. The zero-order valence-electron chi connectivity index (χ0n) is 19.0. The number of nitrogens with zero attached hydrogens (tertiary/aromatic N) is 5. The Kier molecular flexibility index (Phi) is 5.05. The summed E-state index contributed by atoms with van der Waals surface area (Å²) in [4.78, 5) is 32.0. The molecule has 0 radical (unpaired) electrons. The summed E-state index contributed by atoms with van der Waals surface area (Å²) >= 11 is 0. The molecule has 3 atom stereocenters. The van der Waals surface area contributed by atoms with Gasteiger partial charge in [0, 0.05) is 0 Å². The highest BCUT2D eigenvalue weighted by molar-refractivity contribution is 6.08. The standard InChI is InChI=1S/C24H26N8O/c1-12-7-6-10-16-17(12)23(33)32(19-13(2)8-5-9-14(19)3)22(29-16)15(4)28-21-18-20(27-11-26-18)30-24(25)31-21/h5-11,15,18,21,28H,1-4H3,(H3,25,26,27,30,31). The van der Waals surface area contributed by atoms with E-state index in [0.717, 1.165) is 22.4 Å². The van der Waals surface area contributed by atoms with Gasteiger partial charge in [-0.15, -0.1) is 0 Å². The molecule has 0 saturated carbocycles. The minimum Gasteiger partial charge on any atom is -0.370 e. The van der Waals surface area contributed by atoms with Crippen molar-refractivity contribution in [3.05, 3.63) is 69.3 Å². The predicted octanol–water partition coefficient (Wildman–Crippen LogP) is 2.01. The number of nitrogens with one attached hydrogen (secondary N) is 2. The molecule has 0 spiro atoms. The smallest absolute Gasteiger partial charge is 0.266 e. The number of amidine groups is 1. The van der Waals surface area contributed by atoms with E-state index in [1.165, 1.54) is 6.34 Å². The van der Waals surface area contributed by atoms with Gasteiger partial charge >= 0.3 is 0 Å². The molecule has 3 aromatic rings. The molecule has 0 bridgehead atoms. The molecule has 5 rings (SSSR count). The quantitative estimate of drug-likeness (QED) is 0.571. The van der Waals surface area contributed by atoms with Crippen LogP contribution >= 0.6 is 0 Å². The Bertz CT molecular complexity index is 1400. The van der Waals surface area contributed by atoms with E-state index in [4.69, 9.17) is 10.7 Å². The number of hydrogen-bond acceptors (Lipinski definition) is 8. The molecular weight excluding hydrogens is 416 g/mol. The van der Waals surface area contributed by atoms with Crippen LogP contribution in [-0.2, 0) is 0 Å². The largest absolute Gasteiger partial charge is 0.370 e. The topological polar surface area (TPSA) is 122 Å². The molecule has 2 aliphatic heterocycles. The average molecular weight is 443 g/mol. The third-order valence-corrected chi connectivity index (χ3v) is 6.14. The lowest BCUT2D eigenvalue weighted by Crippen LogP contribution is -2.55. The Hall–Kier alpha value is -3.85. The molecule has 0 amide bonds. The van der Waals surface area contributed by atoms with Gasteiger partial charge in [-0.25, -0.2) is 15.0 Å². The van der Waals surface area contributed by atoms with Gasteiger partial charge in [0.2, 0.25) is 0 Å². The van der Waals surface area contributed by atoms with E-state index < -0.39 is 6.17 Å². The van der Waals surface area contributed by atoms with Gasteiger partial charge in [0.1, 0.15) is 30.2 Å². The molecule has 168 valence electrons. The van der Waals surface area contributed by atoms with Crippen molar-refractivity contribution in [2.75, 3.05) is 0 Å². The Balaban J connectivity index is 1.69. The average Bonchev–Trinajstić information content (AvgIpc) is 3.23.